The highest BCUT2D eigenvalue weighted by Crippen LogP contribution is 2.47. The molecule has 2 aromatic carbocycles. The second-order valence-corrected chi connectivity index (χ2v) is 14.0. The van der Waals surface area contributed by atoms with E-state index in [1.807, 2.05) is 32.0 Å². The van der Waals surface area contributed by atoms with Gasteiger partial charge in [-0.3, -0.25) is 4.55 Å². The van der Waals surface area contributed by atoms with Crippen molar-refractivity contribution < 1.29 is 30.2 Å². The van der Waals surface area contributed by atoms with Crippen molar-refractivity contribution >= 4 is 65.3 Å². The zero-order valence-electron chi connectivity index (χ0n) is 19.9. The maximum Gasteiger partial charge on any atom is 0.283 e. The lowest BCUT2D eigenvalue weighted by Crippen LogP contribution is -2.36. The number of benzene rings is 2. The summed E-state index contributed by atoms with van der Waals surface area (Å²) < 4.78 is 62.5. The number of hydrogen-bond donors (Lipinski definition) is 2. The summed E-state index contributed by atoms with van der Waals surface area (Å²) in [5, 5.41) is 1.87. The predicted molar refractivity (Wildman–Crippen MR) is 144 cm³/mol. The van der Waals surface area contributed by atoms with Crippen LogP contribution in [0.25, 0.3) is 16.3 Å². The summed E-state index contributed by atoms with van der Waals surface area (Å²) in [7, 11) is -7.82. The van der Waals surface area contributed by atoms with E-state index < -0.39 is 20.2 Å². The highest BCUT2D eigenvalue weighted by molar-refractivity contribution is 8.04. The predicted octanol–water partition coefficient (Wildman–Crippen LogP) is 3.60. The van der Waals surface area contributed by atoms with Crippen molar-refractivity contribution in [1.82, 2.24) is 0 Å². The molecule has 194 valence electrons. The fourth-order valence-electron chi connectivity index (χ4n) is 4.06. The molecule has 0 spiro atoms. The van der Waals surface area contributed by atoms with E-state index in [0.29, 0.717) is 19.5 Å². The molecule has 0 aliphatic carbocycles. The topological polar surface area (TPSA) is 131 Å². The van der Waals surface area contributed by atoms with Crippen molar-refractivity contribution in [3.63, 3.8) is 0 Å². The highest BCUT2D eigenvalue weighted by atomic mass is 32.2. The van der Waals surface area contributed by atoms with E-state index in [2.05, 4.69) is 38.0 Å². The molecule has 0 saturated carbocycles. The molecule has 0 radical (unpaired) electrons. The molecule has 3 aromatic rings. The number of nitrogens with two attached hydrogens (primary N) is 1. The Hall–Kier alpha value is -2.00. The number of thiazole rings is 1. The lowest BCUT2D eigenvalue weighted by molar-refractivity contribution is -0.668. The lowest BCUT2D eigenvalue weighted by Gasteiger charge is -2.20. The number of aromatic nitrogens is 1. The van der Waals surface area contributed by atoms with E-state index in [0.717, 1.165) is 42.0 Å². The average Bonchev–Trinajstić information content (AvgIpc) is 3.30. The van der Waals surface area contributed by atoms with Crippen LogP contribution in [0.4, 0.5) is 5.69 Å². The van der Waals surface area contributed by atoms with Crippen LogP contribution in [-0.4, -0.2) is 39.4 Å². The van der Waals surface area contributed by atoms with Crippen molar-refractivity contribution in [3.05, 3.63) is 57.6 Å². The minimum atomic E-state index is -4.05. The summed E-state index contributed by atoms with van der Waals surface area (Å²) in [4.78, 5) is 3.16. The van der Waals surface area contributed by atoms with Crippen molar-refractivity contribution in [3.8, 4) is 0 Å². The highest BCUT2D eigenvalue weighted by Gasteiger charge is 2.28. The normalized spacial score (nSPS) is 15.2. The fraction of sp³-hybridized carbons (Fsp3) is 0.348. The van der Waals surface area contributed by atoms with E-state index in [9.17, 15) is 21.4 Å². The zero-order valence-corrected chi connectivity index (χ0v) is 23.1. The molecule has 36 heavy (non-hydrogen) atoms. The Morgan fingerprint density at radius 3 is 2.50 bits per heavy atom. The molecule has 0 unspecified atom stereocenters. The molecule has 1 aromatic heterocycles. The van der Waals surface area contributed by atoms with Crippen LogP contribution in [0.5, 0.6) is 0 Å². The minimum absolute atomic E-state index is 0.198. The number of rotatable bonds is 10. The lowest BCUT2D eigenvalue weighted by atomic mass is 10.2. The molecule has 0 fully saturated rings. The van der Waals surface area contributed by atoms with Gasteiger partial charge in [0.1, 0.15) is 4.70 Å². The van der Waals surface area contributed by atoms with Crippen LogP contribution < -0.4 is 15.4 Å². The Balaban J connectivity index is 1.72. The van der Waals surface area contributed by atoms with Crippen LogP contribution in [0, 0.1) is 13.8 Å². The number of fused-ring (bicyclic) bond motifs is 2. The zero-order chi connectivity index (χ0) is 26.1. The first-order valence-corrected chi connectivity index (χ1v) is 16.0. The molecule has 3 N–H and O–H groups in total. The standard InChI is InChI=1S/C23H27N3O6S4/c1-16-5-7-20-18(13-16)25(9-3-11-35(27,28)29)22(33-20)15-23-26(10-4-12-36(30,31)32-24)19-14-17(2)6-8-21(19)34-23/h5-8,13-15H,3-4,9-12,24H2,1-2H3/p+1. The van der Waals surface area contributed by atoms with Gasteiger partial charge in [0, 0.05) is 23.9 Å². The Bertz CT molecular complexity index is 1530. The van der Waals surface area contributed by atoms with E-state index in [1.165, 1.54) is 0 Å². The van der Waals surface area contributed by atoms with E-state index >= 15 is 0 Å². The van der Waals surface area contributed by atoms with Gasteiger partial charge in [-0.25, -0.2) is 0 Å². The van der Waals surface area contributed by atoms with Crippen molar-refractivity contribution in [2.75, 3.05) is 23.0 Å². The maximum absolute atomic E-state index is 11.7. The second-order valence-electron chi connectivity index (χ2n) is 8.62. The van der Waals surface area contributed by atoms with Crippen LogP contribution >= 0.6 is 23.1 Å². The number of hydrogen-bond acceptors (Lipinski definition) is 9. The van der Waals surface area contributed by atoms with Gasteiger partial charge in [0.2, 0.25) is 5.52 Å². The van der Waals surface area contributed by atoms with Gasteiger partial charge in [0.15, 0.2) is 6.54 Å². The number of thioether (sulfide) groups is 1. The quantitative estimate of drug-likeness (QED) is 0.213. The summed E-state index contributed by atoms with van der Waals surface area (Å²) in [6.07, 6.45) is 2.65. The van der Waals surface area contributed by atoms with Crippen molar-refractivity contribution in [1.29, 1.82) is 0 Å². The molecule has 0 atom stereocenters. The second kappa shape index (κ2) is 10.8. The molecule has 0 bridgehead atoms. The Morgan fingerprint density at radius 1 is 1.06 bits per heavy atom. The van der Waals surface area contributed by atoms with E-state index in [-0.39, 0.29) is 17.9 Å². The molecule has 1 aliphatic heterocycles. The number of anilines is 1. The minimum Gasteiger partial charge on any atom is -0.335 e. The van der Waals surface area contributed by atoms with Gasteiger partial charge in [-0.2, -0.15) is 31.6 Å². The molecule has 0 saturated heterocycles. The Kier molecular flexibility index (Phi) is 8.10. The van der Waals surface area contributed by atoms with Gasteiger partial charge in [0.25, 0.3) is 25.2 Å². The van der Waals surface area contributed by atoms with Gasteiger partial charge >= 0.3 is 0 Å². The summed E-state index contributed by atoms with van der Waals surface area (Å²) in [5.74, 6) is 4.37. The molecule has 13 heteroatoms. The molecule has 9 nitrogen and oxygen atoms in total. The summed E-state index contributed by atoms with van der Waals surface area (Å²) in [5.41, 5.74) is 4.19. The smallest absolute Gasteiger partial charge is 0.283 e. The van der Waals surface area contributed by atoms with Gasteiger partial charge < -0.3 is 4.90 Å². The van der Waals surface area contributed by atoms with Gasteiger partial charge in [-0.05, 0) is 49.6 Å². The first-order valence-electron chi connectivity index (χ1n) is 11.2. The largest absolute Gasteiger partial charge is 0.335 e. The molecule has 0 amide bonds. The van der Waals surface area contributed by atoms with Crippen LogP contribution in [0.15, 0.2) is 46.3 Å². The molecular formula is C23H28N3O6S4+. The van der Waals surface area contributed by atoms with Gasteiger partial charge in [0.05, 0.1) is 28.3 Å². The van der Waals surface area contributed by atoms with Crippen molar-refractivity contribution in [2.24, 2.45) is 5.90 Å². The average molecular weight is 571 g/mol. The Morgan fingerprint density at radius 2 is 1.78 bits per heavy atom. The first kappa shape index (κ1) is 27.0. The molecular weight excluding hydrogens is 543 g/mol. The third kappa shape index (κ3) is 6.46. The molecule has 2 heterocycles. The first-order chi connectivity index (χ1) is 17.0. The maximum atomic E-state index is 11.7. The number of nitrogens with zero attached hydrogens (tertiary/aromatic N) is 2. The third-order valence-corrected chi connectivity index (χ3v) is 9.84. The number of aryl methyl sites for hydroxylation is 3. The monoisotopic (exact) mass is 570 g/mol. The van der Waals surface area contributed by atoms with Crippen LogP contribution in [-0.2, 0) is 31.1 Å². The van der Waals surface area contributed by atoms with Gasteiger partial charge in [-0.1, -0.05) is 35.2 Å². The summed E-state index contributed by atoms with van der Waals surface area (Å²) in [6.45, 7) is 4.88. The fourth-order valence-corrected chi connectivity index (χ4v) is 7.41. The van der Waals surface area contributed by atoms with Crippen molar-refractivity contribution in [2.45, 2.75) is 38.1 Å². The summed E-state index contributed by atoms with van der Waals surface area (Å²) >= 11 is 3.20. The molecule has 4 rings (SSSR count). The van der Waals surface area contributed by atoms with Gasteiger partial charge in [-0.15, -0.1) is 0 Å². The third-order valence-electron chi connectivity index (χ3n) is 5.73. The van der Waals surface area contributed by atoms with E-state index in [4.69, 9.17) is 5.90 Å². The van der Waals surface area contributed by atoms with Crippen LogP contribution in [0.3, 0.4) is 0 Å². The van der Waals surface area contributed by atoms with E-state index in [1.54, 1.807) is 23.1 Å². The summed E-state index contributed by atoms with van der Waals surface area (Å²) in [6, 6.07) is 12.3. The van der Waals surface area contributed by atoms with Crippen LogP contribution in [0.1, 0.15) is 29.0 Å². The molecule has 1 aliphatic rings. The van der Waals surface area contributed by atoms with Crippen LogP contribution in [0.2, 0.25) is 0 Å². The Labute approximate surface area is 219 Å². The SMILES string of the molecule is Cc1ccc2c(c1)N(CCCS(=O)(=O)ON)C(=Cc1sc3ccc(C)cc3[n+]1CCCS(=O)(=O)O)S2.